The van der Waals surface area contributed by atoms with Crippen LogP contribution in [0.5, 0.6) is 0 Å². The van der Waals surface area contributed by atoms with E-state index in [-0.39, 0.29) is 16.3 Å². The minimum Gasteiger partial charge on any atom is -0.398 e. The molecule has 0 spiro atoms. The monoisotopic (exact) mass is 216 g/mol. The van der Waals surface area contributed by atoms with Crippen molar-refractivity contribution >= 4 is 22.4 Å². The molecule has 1 atom stereocenters. The number of benzene rings is 1. The lowest BCUT2D eigenvalue weighted by Crippen LogP contribution is -2.19. The molecule has 0 aromatic heterocycles. The van der Waals surface area contributed by atoms with Gasteiger partial charge in [0.15, 0.2) is 0 Å². The van der Waals surface area contributed by atoms with Gasteiger partial charge in [0.2, 0.25) is 5.91 Å². The maximum atomic E-state index is 12.6. The molecule has 0 aliphatic rings. The van der Waals surface area contributed by atoms with Crippen molar-refractivity contribution in [2.45, 2.75) is 4.90 Å². The molecule has 0 bridgehead atoms. The predicted molar refractivity (Wildman–Crippen MR) is 51.3 cm³/mol. The van der Waals surface area contributed by atoms with Crippen molar-refractivity contribution in [1.29, 1.82) is 0 Å². The second-order valence-corrected chi connectivity index (χ2v) is 4.06. The zero-order valence-electron chi connectivity index (χ0n) is 7.20. The first-order chi connectivity index (χ1) is 6.50. The molecule has 6 heteroatoms. The normalized spacial score (nSPS) is 12.4. The largest absolute Gasteiger partial charge is 0.398 e. The number of primary amides is 1. The van der Waals surface area contributed by atoms with Crippen molar-refractivity contribution in [3.8, 4) is 0 Å². The van der Waals surface area contributed by atoms with E-state index in [1.165, 1.54) is 6.07 Å². The van der Waals surface area contributed by atoms with E-state index < -0.39 is 22.5 Å². The summed E-state index contributed by atoms with van der Waals surface area (Å²) in [5.41, 5.74) is 10.3. The van der Waals surface area contributed by atoms with Crippen molar-refractivity contribution < 1.29 is 13.4 Å². The number of rotatable bonds is 3. The number of hydrogen-bond donors (Lipinski definition) is 2. The summed E-state index contributed by atoms with van der Waals surface area (Å²) >= 11 is 0. The van der Waals surface area contributed by atoms with Crippen LogP contribution in [-0.2, 0) is 15.6 Å². The van der Waals surface area contributed by atoms with Gasteiger partial charge in [0.1, 0.15) is 11.6 Å². The van der Waals surface area contributed by atoms with Crippen LogP contribution in [0.3, 0.4) is 0 Å². The van der Waals surface area contributed by atoms with Crippen LogP contribution in [-0.4, -0.2) is 15.9 Å². The Balaban J connectivity index is 2.96. The summed E-state index contributed by atoms with van der Waals surface area (Å²) in [6.07, 6.45) is 0. The number of anilines is 1. The molecule has 4 N–H and O–H groups in total. The zero-order chi connectivity index (χ0) is 10.7. The van der Waals surface area contributed by atoms with E-state index in [4.69, 9.17) is 11.5 Å². The second-order valence-electron chi connectivity index (χ2n) is 2.64. The first kappa shape index (κ1) is 10.6. The lowest BCUT2D eigenvalue weighted by Gasteiger charge is -2.03. The van der Waals surface area contributed by atoms with Crippen LogP contribution >= 0.6 is 0 Å². The smallest absolute Gasteiger partial charge is 0.230 e. The Bertz CT molecular complexity index is 395. The molecule has 1 unspecified atom stereocenters. The first-order valence-corrected chi connectivity index (χ1v) is 5.04. The summed E-state index contributed by atoms with van der Waals surface area (Å²) < 4.78 is 24.0. The minimum absolute atomic E-state index is 0.0598. The van der Waals surface area contributed by atoms with Gasteiger partial charge in [-0.05, 0) is 18.2 Å². The van der Waals surface area contributed by atoms with Crippen molar-refractivity contribution in [3.05, 3.63) is 24.0 Å². The van der Waals surface area contributed by atoms with E-state index in [9.17, 15) is 13.4 Å². The quantitative estimate of drug-likeness (QED) is 0.697. The molecular weight excluding hydrogens is 207 g/mol. The van der Waals surface area contributed by atoms with E-state index in [0.29, 0.717) is 0 Å². The average Bonchev–Trinajstić information content (AvgIpc) is 2.01. The van der Waals surface area contributed by atoms with Gasteiger partial charge >= 0.3 is 0 Å². The van der Waals surface area contributed by atoms with Gasteiger partial charge in [-0.15, -0.1) is 0 Å². The molecule has 76 valence electrons. The van der Waals surface area contributed by atoms with E-state index in [1.54, 1.807) is 0 Å². The Morgan fingerprint density at radius 2 is 2.14 bits per heavy atom. The molecule has 0 aliphatic heterocycles. The molecule has 0 radical (unpaired) electrons. The maximum Gasteiger partial charge on any atom is 0.230 e. The summed E-state index contributed by atoms with van der Waals surface area (Å²) in [6, 6.07) is 3.46. The number of carbonyl (C=O) groups is 1. The van der Waals surface area contributed by atoms with E-state index in [0.717, 1.165) is 12.1 Å². The summed E-state index contributed by atoms with van der Waals surface area (Å²) in [5, 5.41) is 0. The van der Waals surface area contributed by atoms with Gasteiger partial charge in [-0.3, -0.25) is 9.00 Å². The third-order valence-electron chi connectivity index (χ3n) is 1.49. The molecular formula is C8H9FN2O2S. The van der Waals surface area contributed by atoms with Crippen LogP contribution in [0.15, 0.2) is 23.1 Å². The maximum absolute atomic E-state index is 12.6. The molecule has 1 amide bonds. The molecule has 1 rings (SSSR count). The van der Waals surface area contributed by atoms with Crippen LogP contribution in [0.1, 0.15) is 0 Å². The van der Waals surface area contributed by atoms with Crippen LogP contribution in [0, 0.1) is 5.82 Å². The summed E-state index contributed by atoms with van der Waals surface area (Å²) in [7, 11) is -1.60. The van der Waals surface area contributed by atoms with Crippen LogP contribution in [0.2, 0.25) is 0 Å². The van der Waals surface area contributed by atoms with Gasteiger partial charge in [0, 0.05) is 0 Å². The Kier molecular flexibility index (Phi) is 3.19. The number of amides is 1. The predicted octanol–water partition coefficient (Wildman–Crippen LogP) is 0.000800. The highest BCUT2D eigenvalue weighted by Gasteiger charge is 2.10. The highest BCUT2D eigenvalue weighted by molar-refractivity contribution is 7.86. The topological polar surface area (TPSA) is 86.2 Å². The fourth-order valence-corrected chi connectivity index (χ4v) is 1.89. The number of carbonyl (C=O) groups excluding carboxylic acids is 1. The zero-order valence-corrected chi connectivity index (χ0v) is 8.01. The number of hydrogen-bond acceptors (Lipinski definition) is 3. The highest BCUT2D eigenvalue weighted by atomic mass is 32.2. The van der Waals surface area contributed by atoms with Crippen molar-refractivity contribution in [2.75, 3.05) is 11.5 Å². The minimum atomic E-state index is -1.60. The fourth-order valence-electron chi connectivity index (χ4n) is 0.934. The number of halogens is 1. The summed E-state index contributed by atoms with van der Waals surface area (Å²) in [5.74, 6) is -1.51. The number of nitrogen functional groups attached to an aromatic ring is 1. The summed E-state index contributed by atoms with van der Waals surface area (Å²) in [4.78, 5) is 10.7. The van der Waals surface area contributed by atoms with Gasteiger partial charge in [-0.25, -0.2) is 4.39 Å². The lowest BCUT2D eigenvalue weighted by atomic mass is 10.3. The van der Waals surface area contributed by atoms with E-state index in [2.05, 4.69) is 0 Å². The van der Waals surface area contributed by atoms with E-state index >= 15 is 0 Å². The van der Waals surface area contributed by atoms with Crippen molar-refractivity contribution in [3.63, 3.8) is 0 Å². The Hall–Kier alpha value is -1.43. The highest BCUT2D eigenvalue weighted by Crippen LogP contribution is 2.17. The molecule has 1 aromatic carbocycles. The van der Waals surface area contributed by atoms with Crippen LogP contribution < -0.4 is 11.5 Å². The van der Waals surface area contributed by atoms with Crippen molar-refractivity contribution in [2.24, 2.45) is 5.73 Å². The van der Waals surface area contributed by atoms with E-state index in [1.807, 2.05) is 0 Å². The average molecular weight is 216 g/mol. The molecule has 1 aromatic rings. The summed E-state index contributed by atoms with van der Waals surface area (Å²) in [6.45, 7) is 0. The van der Waals surface area contributed by atoms with Gasteiger partial charge in [0.25, 0.3) is 0 Å². The molecule has 0 heterocycles. The van der Waals surface area contributed by atoms with Gasteiger partial charge in [-0.1, -0.05) is 0 Å². The van der Waals surface area contributed by atoms with Gasteiger partial charge < -0.3 is 11.5 Å². The molecule has 4 nitrogen and oxygen atoms in total. The lowest BCUT2D eigenvalue weighted by molar-refractivity contribution is -0.115. The Labute approximate surface area is 82.5 Å². The molecule has 0 fully saturated rings. The molecule has 0 aliphatic carbocycles. The first-order valence-electron chi connectivity index (χ1n) is 3.72. The van der Waals surface area contributed by atoms with Crippen molar-refractivity contribution in [1.82, 2.24) is 0 Å². The Morgan fingerprint density at radius 1 is 1.50 bits per heavy atom. The molecule has 0 saturated heterocycles. The SMILES string of the molecule is NC(=O)CS(=O)c1ccc(F)cc1N. The third kappa shape index (κ3) is 2.53. The second kappa shape index (κ2) is 4.19. The van der Waals surface area contributed by atoms with Crippen LogP contribution in [0.4, 0.5) is 10.1 Å². The molecule has 14 heavy (non-hydrogen) atoms. The number of nitrogens with two attached hydrogens (primary N) is 2. The third-order valence-corrected chi connectivity index (χ3v) is 2.90. The fraction of sp³-hybridized carbons (Fsp3) is 0.125. The van der Waals surface area contributed by atoms with Gasteiger partial charge in [0.05, 0.1) is 21.4 Å². The molecule has 0 saturated carbocycles. The Morgan fingerprint density at radius 3 is 2.64 bits per heavy atom. The van der Waals surface area contributed by atoms with Gasteiger partial charge in [-0.2, -0.15) is 0 Å². The van der Waals surface area contributed by atoms with Crippen LogP contribution in [0.25, 0.3) is 0 Å². The standard InChI is InChI=1S/C8H9FN2O2S/c9-5-1-2-7(6(10)3-5)14(13)4-8(11)12/h1-3H,4,10H2,(H2,11,12).